The third-order valence-corrected chi connectivity index (χ3v) is 5.45. The van der Waals surface area contributed by atoms with Crippen molar-refractivity contribution in [2.24, 2.45) is 5.92 Å². The van der Waals surface area contributed by atoms with E-state index in [0.29, 0.717) is 38.0 Å². The Bertz CT molecular complexity index is 758. The SMILES string of the molecule is Cc1c(C(=O)N2CCC(C3OCCO3)CC2)oc2ccc(Br)cc12. The van der Waals surface area contributed by atoms with Crippen molar-refractivity contribution in [3.8, 4) is 0 Å². The van der Waals surface area contributed by atoms with Crippen LogP contribution in [-0.2, 0) is 9.47 Å². The number of piperidine rings is 1. The maximum Gasteiger partial charge on any atom is 0.289 e. The summed E-state index contributed by atoms with van der Waals surface area (Å²) in [6.07, 6.45) is 1.72. The maximum absolute atomic E-state index is 12.9. The van der Waals surface area contributed by atoms with Gasteiger partial charge in [-0.3, -0.25) is 4.79 Å². The van der Waals surface area contributed by atoms with E-state index in [1.54, 1.807) is 0 Å². The predicted molar refractivity (Wildman–Crippen MR) is 93.0 cm³/mol. The van der Waals surface area contributed by atoms with E-state index in [-0.39, 0.29) is 12.2 Å². The van der Waals surface area contributed by atoms with Crippen molar-refractivity contribution in [1.82, 2.24) is 4.90 Å². The first kappa shape index (κ1) is 16.1. The smallest absolute Gasteiger partial charge is 0.289 e. The quantitative estimate of drug-likeness (QED) is 0.779. The fraction of sp³-hybridized carbons (Fsp3) is 0.500. The number of carbonyl (C=O) groups excluding carboxylic acids is 1. The summed E-state index contributed by atoms with van der Waals surface area (Å²) in [6, 6.07) is 5.81. The van der Waals surface area contributed by atoms with E-state index in [9.17, 15) is 4.79 Å². The highest BCUT2D eigenvalue weighted by Gasteiger charge is 2.33. The molecule has 2 saturated heterocycles. The fourth-order valence-electron chi connectivity index (χ4n) is 3.56. The Labute approximate surface area is 149 Å². The molecule has 3 heterocycles. The molecule has 1 aromatic carbocycles. The van der Waals surface area contributed by atoms with Crippen LogP contribution in [0.5, 0.6) is 0 Å². The van der Waals surface area contributed by atoms with Gasteiger partial charge in [-0.2, -0.15) is 0 Å². The Morgan fingerprint density at radius 1 is 1.21 bits per heavy atom. The van der Waals surface area contributed by atoms with Gasteiger partial charge in [0, 0.05) is 34.4 Å². The van der Waals surface area contributed by atoms with Crippen LogP contribution in [0.1, 0.15) is 29.0 Å². The Morgan fingerprint density at radius 3 is 2.62 bits per heavy atom. The van der Waals surface area contributed by atoms with E-state index in [0.717, 1.165) is 33.8 Å². The average molecular weight is 394 g/mol. The van der Waals surface area contributed by atoms with Crippen molar-refractivity contribution in [3.05, 3.63) is 34.0 Å². The molecule has 2 aromatic rings. The second-order valence-electron chi connectivity index (χ2n) is 6.44. The van der Waals surface area contributed by atoms with Crippen molar-refractivity contribution < 1.29 is 18.7 Å². The van der Waals surface area contributed by atoms with Gasteiger partial charge in [0.2, 0.25) is 0 Å². The topological polar surface area (TPSA) is 51.9 Å². The molecule has 1 amide bonds. The van der Waals surface area contributed by atoms with Crippen LogP contribution in [0.25, 0.3) is 11.0 Å². The minimum atomic E-state index is -0.0902. The molecule has 0 spiro atoms. The third-order valence-electron chi connectivity index (χ3n) is 4.95. The number of rotatable bonds is 2. The summed E-state index contributed by atoms with van der Waals surface area (Å²) in [4.78, 5) is 14.7. The number of amides is 1. The second kappa shape index (κ2) is 6.50. The highest BCUT2D eigenvalue weighted by atomic mass is 79.9. The van der Waals surface area contributed by atoms with Gasteiger partial charge in [-0.15, -0.1) is 0 Å². The summed E-state index contributed by atoms with van der Waals surface area (Å²) in [7, 11) is 0. The monoisotopic (exact) mass is 393 g/mol. The molecule has 4 rings (SSSR count). The largest absolute Gasteiger partial charge is 0.451 e. The molecule has 5 nitrogen and oxygen atoms in total. The van der Waals surface area contributed by atoms with Crippen molar-refractivity contribution in [2.75, 3.05) is 26.3 Å². The van der Waals surface area contributed by atoms with Crippen molar-refractivity contribution >= 4 is 32.8 Å². The van der Waals surface area contributed by atoms with Crippen LogP contribution in [0.3, 0.4) is 0 Å². The van der Waals surface area contributed by atoms with Gasteiger partial charge in [-0.25, -0.2) is 0 Å². The van der Waals surface area contributed by atoms with Crippen LogP contribution in [0.15, 0.2) is 27.1 Å². The Hall–Kier alpha value is -1.37. The molecule has 0 atom stereocenters. The lowest BCUT2D eigenvalue weighted by atomic mass is 9.96. The molecule has 2 aliphatic heterocycles. The zero-order valence-corrected chi connectivity index (χ0v) is 15.2. The zero-order chi connectivity index (χ0) is 16.7. The zero-order valence-electron chi connectivity index (χ0n) is 13.6. The van der Waals surface area contributed by atoms with Gasteiger partial charge in [0.25, 0.3) is 5.91 Å². The van der Waals surface area contributed by atoms with E-state index < -0.39 is 0 Å². The number of aryl methyl sites for hydroxylation is 1. The van der Waals surface area contributed by atoms with Gasteiger partial charge in [-0.1, -0.05) is 15.9 Å². The number of hydrogen-bond acceptors (Lipinski definition) is 4. The number of fused-ring (bicyclic) bond motifs is 1. The van der Waals surface area contributed by atoms with E-state index in [2.05, 4.69) is 15.9 Å². The first-order chi connectivity index (χ1) is 11.6. The highest BCUT2D eigenvalue weighted by molar-refractivity contribution is 9.10. The Morgan fingerprint density at radius 2 is 1.92 bits per heavy atom. The molecule has 6 heteroatoms. The van der Waals surface area contributed by atoms with Crippen molar-refractivity contribution in [1.29, 1.82) is 0 Å². The molecule has 0 aliphatic carbocycles. The average Bonchev–Trinajstić information content (AvgIpc) is 3.24. The summed E-state index contributed by atoms with van der Waals surface area (Å²) in [6.45, 7) is 4.73. The van der Waals surface area contributed by atoms with E-state index in [1.165, 1.54) is 0 Å². The predicted octanol–water partition coefficient (Wildman–Crippen LogP) is 3.73. The molecular formula is C18H20BrNO4. The molecule has 1 aromatic heterocycles. The lowest BCUT2D eigenvalue weighted by Crippen LogP contribution is -2.41. The number of ether oxygens (including phenoxy) is 2. The molecule has 128 valence electrons. The molecule has 0 radical (unpaired) electrons. The highest BCUT2D eigenvalue weighted by Crippen LogP contribution is 2.31. The molecule has 0 N–H and O–H groups in total. The number of furan rings is 1. The molecular weight excluding hydrogens is 374 g/mol. The summed E-state index contributed by atoms with van der Waals surface area (Å²) in [5.74, 6) is 0.811. The van der Waals surface area contributed by atoms with Gasteiger partial charge < -0.3 is 18.8 Å². The normalized spacial score (nSPS) is 20.2. The molecule has 0 saturated carbocycles. The minimum absolute atomic E-state index is 0.0217. The number of benzene rings is 1. The first-order valence-electron chi connectivity index (χ1n) is 8.34. The summed E-state index contributed by atoms with van der Waals surface area (Å²) in [5, 5.41) is 0.982. The van der Waals surface area contributed by atoms with Gasteiger partial charge in [-0.05, 0) is 38.0 Å². The molecule has 0 bridgehead atoms. The Kier molecular flexibility index (Phi) is 4.37. The molecule has 2 aliphatic rings. The van der Waals surface area contributed by atoms with Crippen molar-refractivity contribution in [3.63, 3.8) is 0 Å². The van der Waals surface area contributed by atoms with Gasteiger partial charge in [0.05, 0.1) is 13.2 Å². The summed E-state index contributed by atoms with van der Waals surface area (Å²) in [5.41, 5.74) is 1.66. The van der Waals surface area contributed by atoms with Crippen molar-refractivity contribution in [2.45, 2.75) is 26.1 Å². The maximum atomic E-state index is 12.9. The fourth-order valence-corrected chi connectivity index (χ4v) is 3.93. The summed E-state index contributed by atoms with van der Waals surface area (Å²) >= 11 is 3.47. The van der Waals surface area contributed by atoms with Crippen LogP contribution in [0.4, 0.5) is 0 Å². The second-order valence-corrected chi connectivity index (χ2v) is 7.35. The van der Waals surface area contributed by atoms with Crippen LogP contribution in [0, 0.1) is 12.8 Å². The summed E-state index contributed by atoms with van der Waals surface area (Å²) < 4.78 is 18.0. The number of nitrogens with zero attached hydrogens (tertiary/aromatic N) is 1. The standard InChI is InChI=1S/C18H20BrNO4/c1-11-14-10-13(19)2-3-15(14)24-16(11)17(21)20-6-4-12(5-7-20)18-22-8-9-23-18/h2-3,10,12,18H,4-9H2,1H3. The first-order valence-corrected chi connectivity index (χ1v) is 9.14. The van der Waals surface area contributed by atoms with Crippen LogP contribution in [0.2, 0.25) is 0 Å². The number of likely N-dealkylation sites (tertiary alicyclic amines) is 1. The Balaban J connectivity index is 1.49. The minimum Gasteiger partial charge on any atom is -0.451 e. The van der Waals surface area contributed by atoms with Crippen LogP contribution < -0.4 is 0 Å². The molecule has 0 unspecified atom stereocenters. The number of hydrogen-bond donors (Lipinski definition) is 0. The lowest BCUT2D eigenvalue weighted by molar-refractivity contribution is -0.0956. The lowest BCUT2D eigenvalue weighted by Gasteiger charge is -2.33. The molecule has 2 fully saturated rings. The van der Waals surface area contributed by atoms with E-state index in [1.807, 2.05) is 30.0 Å². The van der Waals surface area contributed by atoms with Gasteiger partial charge in [0.15, 0.2) is 12.1 Å². The van der Waals surface area contributed by atoms with Crippen LogP contribution >= 0.6 is 15.9 Å². The van der Waals surface area contributed by atoms with Gasteiger partial charge >= 0.3 is 0 Å². The van der Waals surface area contributed by atoms with E-state index in [4.69, 9.17) is 13.9 Å². The third kappa shape index (κ3) is 2.87. The van der Waals surface area contributed by atoms with Gasteiger partial charge in [0.1, 0.15) is 5.58 Å². The van der Waals surface area contributed by atoms with Crippen LogP contribution in [-0.4, -0.2) is 43.4 Å². The van der Waals surface area contributed by atoms with E-state index >= 15 is 0 Å². The molecule has 24 heavy (non-hydrogen) atoms. The number of carbonyl (C=O) groups is 1. The number of halogens is 1.